The van der Waals surface area contributed by atoms with E-state index in [1.807, 2.05) is 0 Å². The van der Waals surface area contributed by atoms with E-state index in [2.05, 4.69) is 9.51 Å². The molecule has 0 saturated carbocycles. The van der Waals surface area contributed by atoms with Crippen LogP contribution in [0.3, 0.4) is 0 Å². The molecular weight excluding hydrogens is 340 g/mol. The van der Waals surface area contributed by atoms with Crippen molar-refractivity contribution in [2.24, 2.45) is 0 Å². The minimum Gasteiger partial charge on any atom is -0.383 e. The van der Waals surface area contributed by atoms with Crippen LogP contribution in [0, 0.1) is 0 Å². The summed E-state index contributed by atoms with van der Waals surface area (Å²) in [5.41, 5.74) is 4.83. The minimum atomic E-state index is -4.38. The normalized spacial score (nSPS) is 29.2. The zero-order chi connectivity index (χ0) is 16.3. The maximum Gasteiger partial charge on any atom is 0.351 e. The van der Waals surface area contributed by atoms with Crippen molar-refractivity contribution in [3.63, 3.8) is 0 Å². The van der Waals surface area contributed by atoms with Gasteiger partial charge in [0.1, 0.15) is 31.8 Å². The van der Waals surface area contributed by atoms with Crippen molar-refractivity contribution < 1.29 is 23.2 Å². The zero-order valence-electron chi connectivity index (χ0n) is 11.6. The van der Waals surface area contributed by atoms with Crippen LogP contribution in [0.4, 0.5) is 5.82 Å². The molecule has 9 nitrogen and oxygen atoms in total. The van der Waals surface area contributed by atoms with Crippen LogP contribution < -0.4 is 11.4 Å². The number of hydrogen-bond acceptors (Lipinski definition) is 8. The van der Waals surface area contributed by atoms with Crippen LogP contribution in [0.25, 0.3) is 0 Å². The minimum absolute atomic E-state index is 0.0893. The summed E-state index contributed by atoms with van der Waals surface area (Å²) < 4.78 is 34.4. The Labute approximate surface area is 128 Å². The van der Waals surface area contributed by atoms with Gasteiger partial charge in [0.2, 0.25) is 0 Å². The van der Waals surface area contributed by atoms with E-state index in [1.54, 1.807) is 0 Å². The Kier molecular flexibility index (Phi) is 5.43. The van der Waals surface area contributed by atoms with Crippen molar-refractivity contribution in [1.82, 2.24) is 9.55 Å². The highest BCUT2D eigenvalue weighted by Crippen LogP contribution is 2.33. The average Bonchev–Trinajstić information content (AvgIpc) is 2.79. The third-order valence-corrected chi connectivity index (χ3v) is 3.85. The van der Waals surface area contributed by atoms with E-state index in [1.165, 1.54) is 16.8 Å². The van der Waals surface area contributed by atoms with Crippen LogP contribution in [0.2, 0.25) is 0 Å². The van der Waals surface area contributed by atoms with E-state index in [0.717, 1.165) is 0 Å². The molecule has 2 heterocycles. The highest BCUT2D eigenvalue weighted by Gasteiger charge is 2.38. The first-order valence-electron chi connectivity index (χ1n) is 6.23. The average molecular weight is 354 g/mol. The van der Waals surface area contributed by atoms with E-state index in [9.17, 15) is 9.36 Å². The standard InChI is InChI=1S/C9H13N3O6P2S/c10-7-1-2-12(9(13)11-7)8-3-5(18-19-21)6(17-8)4-16-20(14)15/h1-2,5-6,8,20H,3-4H2,(H,14,15)(H2,10,11,13)/t5-,6+,8?/m0/s1/i20D. The van der Waals surface area contributed by atoms with E-state index < -0.39 is 32.3 Å². The lowest BCUT2D eigenvalue weighted by Gasteiger charge is -2.16. The van der Waals surface area contributed by atoms with Gasteiger partial charge in [0.15, 0.2) is 1.28 Å². The largest absolute Gasteiger partial charge is 0.383 e. The maximum atomic E-state index is 11.8. The van der Waals surface area contributed by atoms with Gasteiger partial charge in [0, 0.05) is 12.6 Å². The van der Waals surface area contributed by atoms with Crippen LogP contribution in [-0.4, -0.2) is 34.5 Å². The van der Waals surface area contributed by atoms with Crippen LogP contribution in [0.15, 0.2) is 17.1 Å². The van der Waals surface area contributed by atoms with Gasteiger partial charge >= 0.3 is 13.9 Å². The maximum absolute atomic E-state index is 11.8. The molecule has 0 aromatic carbocycles. The highest BCUT2D eigenvalue weighted by atomic mass is 32.4. The third kappa shape index (κ3) is 4.37. The predicted molar refractivity (Wildman–Crippen MR) is 77.8 cm³/mol. The molecule has 0 amide bonds. The van der Waals surface area contributed by atoms with E-state index in [-0.39, 0.29) is 26.4 Å². The lowest BCUT2D eigenvalue weighted by molar-refractivity contribution is -0.0355. The predicted octanol–water partition coefficient (Wildman–Crippen LogP) is 0.220. The molecule has 0 bridgehead atoms. The van der Waals surface area contributed by atoms with Gasteiger partial charge in [0.05, 0.1) is 6.61 Å². The van der Waals surface area contributed by atoms with Crippen molar-refractivity contribution in [3.8, 4) is 0 Å². The van der Waals surface area contributed by atoms with Gasteiger partial charge in [-0.2, -0.15) is 4.98 Å². The molecule has 2 rings (SSSR count). The summed E-state index contributed by atoms with van der Waals surface area (Å²) in [7, 11) is -4.16. The first-order valence-corrected chi connectivity index (χ1v) is 8.74. The molecule has 1 saturated heterocycles. The molecule has 1 aromatic rings. The summed E-state index contributed by atoms with van der Waals surface area (Å²) in [4.78, 5) is 24.2. The van der Waals surface area contributed by atoms with Gasteiger partial charge in [-0.1, -0.05) is 0 Å². The van der Waals surface area contributed by atoms with Crippen LogP contribution in [-0.2, 0) is 30.2 Å². The van der Waals surface area contributed by atoms with Gasteiger partial charge in [-0.15, -0.1) is 0 Å². The number of nitrogen functional groups attached to an aromatic ring is 1. The summed E-state index contributed by atoms with van der Waals surface area (Å²) in [6.45, 7) is -0.333. The van der Waals surface area contributed by atoms with E-state index in [4.69, 9.17) is 33.0 Å². The molecule has 12 heteroatoms. The van der Waals surface area contributed by atoms with Crippen molar-refractivity contribution >= 4 is 33.4 Å². The first-order chi connectivity index (χ1) is 10.3. The molecule has 0 radical (unpaired) electrons. The van der Waals surface area contributed by atoms with E-state index >= 15 is 0 Å². The topological polar surface area (TPSA) is 126 Å². The Morgan fingerprint density at radius 3 is 3.19 bits per heavy atom. The Bertz CT molecular complexity index is 654. The fraction of sp³-hybridized carbons (Fsp3) is 0.556. The lowest BCUT2D eigenvalue weighted by Crippen LogP contribution is -2.28. The molecule has 21 heavy (non-hydrogen) atoms. The van der Waals surface area contributed by atoms with Crippen LogP contribution >= 0.6 is 15.8 Å². The quantitative estimate of drug-likeness (QED) is 0.690. The molecule has 0 aliphatic carbocycles. The second-order valence-electron chi connectivity index (χ2n) is 4.16. The highest BCUT2D eigenvalue weighted by molar-refractivity contribution is 7.94. The summed E-state index contributed by atoms with van der Waals surface area (Å²) in [5.74, 6) is 0.0893. The molecule has 1 aliphatic heterocycles. The Morgan fingerprint density at radius 1 is 1.81 bits per heavy atom. The lowest BCUT2D eigenvalue weighted by atomic mass is 10.2. The van der Waals surface area contributed by atoms with Crippen molar-refractivity contribution in [1.29, 1.82) is 1.28 Å². The Morgan fingerprint density at radius 2 is 2.57 bits per heavy atom. The molecule has 2 unspecified atom stereocenters. The van der Waals surface area contributed by atoms with Crippen molar-refractivity contribution in [2.45, 2.75) is 24.9 Å². The molecular formula is C9H13N3O6P2S. The van der Waals surface area contributed by atoms with Gasteiger partial charge in [-0.25, -0.2) is 4.79 Å². The number of ether oxygens (including phenoxy) is 1. The number of aromatic nitrogens is 2. The summed E-state index contributed by atoms with van der Waals surface area (Å²) >= 11 is 4.71. The molecule has 1 aliphatic rings. The Hall–Kier alpha value is -0.730. The second-order valence-corrected chi connectivity index (χ2v) is 5.70. The number of rotatable bonds is 6. The number of anilines is 1. The van der Waals surface area contributed by atoms with Crippen LogP contribution in [0.5, 0.6) is 0 Å². The van der Waals surface area contributed by atoms with Gasteiger partial charge in [0.25, 0.3) is 0 Å². The molecule has 1 aromatic heterocycles. The SMILES string of the molecule is [2H]P(=O)(O)OC[C@H]1OC(n2ccc(N)nc2=O)C[C@@H]1OP=S. The zero-order valence-corrected chi connectivity index (χ0v) is 13.2. The summed E-state index contributed by atoms with van der Waals surface area (Å²) in [5, 5.41) is 0. The molecule has 4 atom stereocenters. The van der Waals surface area contributed by atoms with Gasteiger partial charge < -0.3 is 24.4 Å². The monoisotopic (exact) mass is 354 g/mol. The van der Waals surface area contributed by atoms with Crippen molar-refractivity contribution in [3.05, 3.63) is 22.7 Å². The fourth-order valence-electron chi connectivity index (χ4n) is 1.97. The number of nitrogens with zero attached hydrogens (tertiary/aromatic N) is 2. The van der Waals surface area contributed by atoms with E-state index in [0.29, 0.717) is 0 Å². The summed E-state index contributed by atoms with van der Waals surface area (Å²) in [6, 6.07) is 1.45. The number of hydrogen-bond donors (Lipinski definition) is 2. The summed E-state index contributed by atoms with van der Waals surface area (Å²) in [6.07, 6.45) is -0.269. The first kappa shape index (κ1) is 15.2. The van der Waals surface area contributed by atoms with Crippen LogP contribution in [0.1, 0.15) is 12.6 Å². The smallest absolute Gasteiger partial charge is 0.351 e. The molecule has 1 fully saturated rings. The van der Waals surface area contributed by atoms with Gasteiger partial charge in [-0.05, 0) is 17.9 Å². The molecule has 3 N–H and O–H groups in total. The fourth-order valence-corrected chi connectivity index (χ4v) is 2.91. The van der Waals surface area contributed by atoms with Gasteiger partial charge in [-0.3, -0.25) is 9.13 Å². The third-order valence-electron chi connectivity index (χ3n) is 2.87. The number of nitrogens with two attached hydrogens (primary N) is 1. The Balaban J connectivity index is 2.14. The second kappa shape index (κ2) is 7.51. The van der Waals surface area contributed by atoms with Crippen molar-refractivity contribution in [2.75, 3.05) is 12.3 Å². The molecule has 0 spiro atoms. The molecule has 116 valence electrons.